The van der Waals surface area contributed by atoms with Crippen LogP contribution in [0, 0.1) is 0 Å². The zero-order valence-electron chi connectivity index (χ0n) is 16.9. The molecule has 0 spiro atoms. The summed E-state index contributed by atoms with van der Waals surface area (Å²) in [6.07, 6.45) is 3.74. The number of hydrogen-bond donors (Lipinski definition) is 3. The lowest BCUT2D eigenvalue weighted by molar-refractivity contribution is -0.118. The van der Waals surface area contributed by atoms with Crippen LogP contribution in [0.4, 0.5) is 5.69 Å². The van der Waals surface area contributed by atoms with Crippen LogP contribution in [0.5, 0.6) is 23.0 Å². The number of amides is 1. The Balaban J connectivity index is 2.33. The molecular formula is C21H26N2O6. The molecule has 0 saturated heterocycles. The minimum absolute atomic E-state index is 0.450. The van der Waals surface area contributed by atoms with E-state index in [1.165, 1.54) is 7.11 Å². The van der Waals surface area contributed by atoms with Gasteiger partial charge in [-0.05, 0) is 35.4 Å². The molecule has 0 heterocycles. The van der Waals surface area contributed by atoms with Crippen LogP contribution >= 0.6 is 0 Å². The molecule has 2 rings (SSSR count). The van der Waals surface area contributed by atoms with E-state index in [2.05, 4.69) is 5.32 Å². The molecule has 1 unspecified atom stereocenters. The first-order valence-electron chi connectivity index (χ1n) is 8.80. The molecule has 2 aromatic rings. The summed E-state index contributed by atoms with van der Waals surface area (Å²) in [4.78, 5) is 12.0. The first kappa shape index (κ1) is 22.1. The second kappa shape index (κ2) is 10.4. The first-order chi connectivity index (χ1) is 14.0. The molecule has 0 saturated carbocycles. The number of aliphatic hydroxyl groups excluding tert-OH is 1. The fraction of sp³-hybridized carbons (Fsp3) is 0.286. The summed E-state index contributed by atoms with van der Waals surface area (Å²) in [5, 5.41) is 11.7. The van der Waals surface area contributed by atoms with Crippen molar-refractivity contribution in [3.05, 3.63) is 41.5 Å². The number of methoxy groups -OCH3 is 4. The van der Waals surface area contributed by atoms with Crippen LogP contribution in [-0.4, -0.2) is 52.1 Å². The van der Waals surface area contributed by atoms with Crippen LogP contribution in [0.3, 0.4) is 0 Å². The van der Waals surface area contributed by atoms with E-state index in [0.717, 1.165) is 11.1 Å². The van der Waals surface area contributed by atoms with Gasteiger partial charge in [0.15, 0.2) is 11.5 Å². The molecule has 2 aromatic carbocycles. The van der Waals surface area contributed by atoms with E-state index in [4.69, 9.17) is 29.8 Å². The molecule has 0 aliphatic carbocycles. The number of nitrogens with two attached hydrogens (primary N) is 1. The van der Waals surface area contributed by atoms with Crippen LogP contribution in [0.25, 0.3) is 12.2 Å². The van der Waals surface area contributed by atoms with E-state index in [0.29, 0.717) is 28.7 Å². The molecule has 4 N–H and O–H groups in total. The molecule has 0 aliphatic heterocycles. The van der Waals surface area contributed by atoms with E-state index in [-0.39, 0.29) is 0 Å². The fourth-order valence-electron chi connectivity index (χ4n) is 2.63. The van der Waals surface area contributed by atoms with Gasteiger partial charge in [-0.3, -0.25) is 4.79 Å². The number of nitrogens with one attached hydrogen (secondary N) is 1. The van der Waals surface area contributed by atoms with Crippen molar-refractivity contribution in [3.63, 3.8) is 0 Å². The van der Waals surface area contributed by atoms with Crippen molar-refractivity contribution in [1.82, 2.24) is 0 Å². The van der Waals surface area contributed by atoms with E-state index >= 15 is 0 Å². The molecular weight excluding hydrogens is 376 g/mol. The summed E-state index contributed by atoms with van der Waals surface area (Å²) < 4.78 is 21.3. The topological polar surface area (TPSA) is 112 Å². The van der Waals surface area contributed by atoms with Crippen LogP contribution in [0.1, 0.15) is 11.1 Å². The average Bonchev–Trinajstić information content (AvgIpc) is 2.76. The van der Waals surface area contributed by atoms with Gasteiger partial charge in [0, 0.05) is 0 Å². The lowest BCUT2D eigenvalue weighted by Crippen LogP contribution is -2.38. The quantitative estimate of drug-likeness (QED) is 0.551. The molecule has 1 atom stereocenters. The Morgan fingerprint density at radius 2 is 1.55 bits per heavy atom. The second-order valence-corrected chi connectivity index (χ2v) is 6.03. The van der Waals surface area contributed by atoms with Crippen LogP contribution in [-0.2, 0) is 4.79 Å². The van der Waals surface area contributed by atoms with Gasteiger partial charge in [-0.2, -0.15) is 0 Å². The van der Waals surface area contributed by atoms with Gasteiger partial charge < -0.3 is 35.1 Å². The van der Waals surface area contributed by atoms with E-state index in [1.807, 2.05) is 30.4 Å². The highest BCUT2D eigenvalue weighted by Gasteiger charge is 2.15. The van der Waals surface area contributed by atoms with Crippen molar-refractivity contribution >= 4 is 23.7 Å². The van der Waals surface area contributed by atoms with Crippen molar-refractivity contribution in [3.8, 4) is 23.0 Å². The molecule has 0 radical (unpaired) electrons. The third-order valence-corrected chi connectivity index (χ3v) is 4.17. The summed E-state index contributed by atoms with van der Waals surface area (Å²) >= 11 is 0. The van der Waals surface area contributed by atoms with Gasteiger partial charge in [0.25, 0.3) is 0 Å². The molecule has 156 valence electrons. The Morgan fingerprint density at radius 1 is 0.966 bits per heavy atom. The molecule has 0 aromatic heterocycles. The van der Waals surface area contributed by atoms with Crippen molar-refractivity contribution in [2.45, 2.75) is 6.04 Å². The normalized spacial score (nSPS) is 11.8. The Kier molecular flexibility index (Phi) is 7.88. The number of hydrogen-bond acceptors (Lipinski definition) is 7. The number of carbonyl (C=O) groups is 1. The lowest BCUT2D eigenvalue weighted by atomic mass is 10.1. The molecule has 8 heteroatoms. The number of benzene rings is 2. The zero-order valence-corrected chi connectivity index (χ0v) is 16.9. The number of ether oxygens (including phenoxy) is 4. The standard InChI is InChI=1S/C21H26N2O6/c1-26-17-8-7-13(9-16(17)23-21(25)15(22)12-24)5-6-14-10-18(27-2)20(29-4)19(11-14)28-3/h5-11,15,24H,12,22H2,1-4H3,(H,23,25)/b6-5-. The fourth-order valence-corrected chi connectivity index (χ4v) is 2.63. The molecule has 0 aliphatic rings. The van der Waals surface area contributed by atoms with E-state index in [9.17, 15) is 4.79 Å². The number of aliphatic hydroxyl groups is 1. The smallest absolute Gasteiger partial charge is 0.243 e. The van der Waals surface area contributed by atoms with Crippen molar-refractivity contribution in [2.24, 2.45) is 5.73 Å². The minimum atomic E-state index is -1.02. The highest BCUT2D eigenvalue weighted by atomic mass is 16.5. The highest BCUT2D eigenvalue weighted by molar-refractivity contribution is 5.96. The molecule has 1 amide bonds. The van der Waals surface area contributed by atoms with Crippen LogP contribution in [0.2, 0.25) is 0 Å². The van der Waals surface area contributed by atoms with Crippen LogP contribution in [0.15, 0.2) is 30.3 Å². The SMILES string of the molecule is COc1ccc(/C=C\c2cc(OC)c(OC)c(OC)c2)cc1NC(=O)C(N)CO. The van der Waals surface area contributed by atoms with Gasteiger partial charge in [-0.25, -0.2) is 0 Å². The molecule has 0 fully saturated rings. The van der Waals surface area contributed by atoms with E-state index < -0.39 is 18.6 Å². The number of rotatable bonds is 9. The summed E-state index contributed by atoms with van der Waals surface area (Å²) in [6.45, 7) is -0.450. The zero-order chi connectivity index (χ0) is 21.4. The molecule has 29 heavy (non-hydrogen) atoms. The maximum Gasteiger partial charge on any atom is 0.243 e. The van der Waals surface area contributed by atoms with Crippen molar-refractivity contribution in [1.29, 1.82) is 0 Å². The predicted molar refractivity (Wildman–Crippen MR) is 112 cm³/mol. The largest absolute Gasteiger partial charge is 0.495 e. The highest BCUT2D eigenvalue weighted by Crippen LogP contribution is 2.38. The second-order valence-electron chi connectivity index (χ2n) is 6.03. The Hall–Kier alpha value is -3.23. The third kappa shape index (κ3) is 5.40. The Bertz CT molecular complexity index is 856. The maximum atomic E-state index is 12.0. The summed E-state index contributed by atoms with van der Waals surface area (Å²) in [6, 6.07) is 7.95. The Labute approximate surface area is 169 Å². The van der Waals surface area contributed by atoms with E-state index in [1.54, 1.807) is 33.5 Å². The predicted octanol–water partition coefficient (Wildman–Crippen LogP) is 2.15. The molecule has 0 bridgehead atoms. The van der Waals surface area contributed by atoms with Gasteiger partial charge in [0.05, 0.1) is 40.7 Å². The van der Waals surface area contributed by atoms with Gasteiger partial charge in [-0.15, -0.1) is 0 Å². The third-order valence-electron chi connectivity index (χ3n) is 4.17. The number of anilines is 1. The lowest BCUT2D eigenvalue weighted by Gasteiger charge is -2.14. The minimum Gasteiger partial charge on any atom is -0.495 e. The summed E-state index contributed by atoms with van der Waals surface area (Å²) in [5.41, 5.74) is 7.66. The molecule has 8 nitrogen and oxygen atoms in total. The Morgan fingerprint density at radius 3 is 2.07 bits per heavy atom. The van der Waals surface area contributed by atoms with Crippen molar-refractivity contribution < 1.29 is 28.8 Å². The van der Waals surface area contributed by atoms with Crippen molar-refractivity contribution in [2.75, 3.05) is 40.4 Å². The van der Waals surface area contributed by atoms with Gasteiger partial charge in [0.2, 0.25) is 11.7 Å². The van der Waals surface area contributed by atoms with Crippen LogP contribution < -0.4 is 30.0 Å². The van der Waals surface area contributed by atoms with Gasteiger partial charge in [0.1, 0.15) is 11.8 Å². The summed E-state index contributed by atoms with van der Waals surface area (Å²) in [7, 11) is 6.16. The number of carbonyl (C=O) groups excluding carboxylic acids is 1. The monoisotopic (exact) mass is 402 g/mol. The maximum absolute atomic E-state index is 12.0. The van der Waals surface area contributed by atoms with Gasteiger partial charge >= 0.3 is 0 Å². The average molecular weight is 402 g/mol. The first-order valence-corrected chi connectivity index (χ1v) is 8.80. The van der Waals surface area contributed by atoms with Gasteiger partial charge in [-0.1, -0.05) is 18.2 Å². The summed E-state index contributed by atoms with van der Waals surface area (Å²) in [5.74, 6) is 1.59.